The van der Waals surface area contributed by atoms with Crippen molar-refractivity contribution in [3.63, 3.8) is 0 Å². The fourth-order valence-electron chi connectivity index (χ4n) is 3.11. The molecule has 3 rings (SSSR count). The number of methoxy groups -OCH3 is 1. The molecule has 0 radical (unpaired) electrons. The molecule has 0 fully saturated rings. The Labute approximate surface area is 148 Å². The number of hydrogen-bond acceptors (Lipinski definition) is 3. The normalized spacial score (nSPS) is 10.3. The largest absolute Gasteiger partial charge is 0.465 e. The summed E-state index contributed by atoms with van der Waals surface area (Å²) in [4.78, 5) is 15.4. The predicted octanol–water partition coefficient (Wildman–Crippen LogP) is 3.97. The molecule has 1 heterocycles. The number of aliphatic hydroxyl groups is 1. The second-order valence-electron chi connectivity index (χ2n) is 5.92. The molecule has 3 aromatic rings. The van der Waals surface area contributed by atoms with E-state index in [9.17, 15) is 4.79 Å². The number of benzene rings is 2. The Morgan fingerprint density at radius 3 is 2.40 bits per heavy atom. The molecule has 0 unspecified atom stereocenters. The highest BCUT2D eigenvalue weighted by atomic mass is 16.5. The highest BCUT2D eigenvalue weighted by molar-refractivity contribution is 5.97. The lowest BCUT2D eigenvalue weighted by Crippen LogP contribution is -2.03. The third-order valence-electron chi connectivity index (χ3n) is 4.38. The van der Waals surface area contributed by atoms with Gasteiger partial charge in [0.15, 0.2) is 0 Å². The third kappa shape index (κ3) is 4.09. The average Bonchev–Trinajstić information content (AvgIpc) is 2.95. The van der Waals surface area contributed by atoms with Gasteiger partial charge in [0.05, 0.1) is 12.7 Å². The van der Waals surface area contributed by atoms with Gasteiger partial charge in [-0.2, -0.15) is 0 Å². The van der Waals surface area contributed by atoms with E-state index in [1.165, 1.54) is 18.2 Å². The van der Waals surface area contributed by atoms with Gasteiger partial charge >= 0.3 is 5.97 Å². The second-order valence-corrected chi connectivity index (χ2v) is 5.92. The Hall–Kier alpha value is -2.59. The van der Waals surface area contributed by atoms with Crippen molar-refractivity contribution in [2.75, 3.05) is 14.2 Å². The molecule has 25 heavy (non-hydrogen) atoms. The number of aliphatic hydroxyl groups excluding tert-OH is 1. The van der Waals surface area contributed by atoms with Crippen LogP contribution in [0.5, 0.6) is 0 Å². The van der Waals surface area contributed by atoms with Crippen LogP contribution in [0.2, 0.25) is 0 Å². The van der Waals surface area contributed by atoms with Crippen LogP contribution in [-0.2, 0) is 17.6 Å². The van der Waals surface area contributed by atoms with Crippen LogP contribution in [-0.4, -0.2) is 30.3 Å². The van der Waals surface area contributed by atoms with E-state index in [2.05, 4.69) is 36.2 Å². The third-order valence-corrected chi connectivity index (χ3v) is 4.38. The van der Waals surface area contributed by atoms with Crippen molar-refractivity contribution in [3.8, 4) is 0 Å². The topological polar surface area (TPSA) is 62.3 Å². The van der Waals surface area contributed by atoms with Crippen molar-refractivity contribution in [1.29, 1.82) is 0 Å². The van der Waals surface area contributed by atoms with Crippen molar-refractivity contribution < 1.29 is 14.6 Å². The van der Waals surface area contributed by atoms with E-state index in [1.54, 1.807) is 0 Å². The first-order valence-electron chi connectivity index (χ1n) is 8.29. The first-order chi connectivity index (χ1) is 12.1. The van der Waals surface area contributed by atoms with Gasteiger partial charge in [0.2, 0.25) is 0 Å². The summed E-state index contributed by atoms with van der Waals surface area (Å²) in [7, 11) is 2.42. The standard InChI is InChI=1S/C20H21NO2.CH4O/c1-13-11-19-18(12-17(13)20(22)23-3)16(14(2)21-19)10-9-15-7-5-4-6-8-15;1-2/h4-8,11-12,21H,9-10H2,1-3H3;2H,1H3. The first kappa shape index (κ1) is 18.7. The van der Waals surface area contributed by atoms with Crippen molar-refractivity contribution in [2.24, 2.45) is 0 Å². The Balaban J connectivity index is 0.00000109. The highest BCUT2D eigenvalue weighted by Crippen LogP contribution is 2.27. The number of rotatable bonds is 4. The molecule has 0 amide bonds. The van der Waals surface area contributed by atoms with E-state index < -0.39 is 0 Å². The number of esters is 1. The molecule has 2 N–H and O–H groups in total. The number of aromatic amines is 1. The quantitative estimate of drug-likeness (QED) is 0.707. The minimum Gasteiger partial charge on any atom is -0.465 e. The molecule has 4 heteroatoms. The van der Waals surface area contributed by atoms with Crippen LogP contribution in [0.4, 0.5) is 0 Å². The predicted molar refractivity (Wildman–Crippen MR) is 101 cm³/mol. The highest BCUT2D eigenvalue weighted by Gasteiger charge is 2.15. The minimum atomic E-state index is -0.280. The number of carbonyl (C=O) groups is 1. The zero-order valence-corrected chi connectivity index (χ0v) is 15.2. The summed E-state index contributed by atoms with van der Waals surface area (Å²) in [5, 5.41) is 8.12. The molecule has 0 atom stereocenters. The van der Waals surface area contributed by atoms with E-state index in [1.807, 2.05) is 25.1 Å². The molecular formula is C21H25NO3. The molecule has 1 aromatic heterocycles. The van der Waals surface area contributed by atoms with E-state index in [0.29, 0.717) is 5.56 Å². The van der Waals surface area contributed by atoms with E-state index in [4.69, 9.17) is 9.84 Å². The fraction of sp³-hybridized carbons (Fsp3) is 0.286. The SMILES string of the molecule is CO.COC(=O)c1cc2c(CCc3ccccc3)c(C)[nH]c2cc1C. The Morgan fingerprint density at radius 2 is 1.76 bits per heavy atom. The smallest absolute Gasteiger partial charge is 0.338 e. The summed E-state index contributed by atoms with van der Waals surface area (Å²) in [5.74, 6) is -0.280. The molecule has 132 valence electrons. The maximum Gasteiger partial charge on any atom is 0.338 e. The summed E-state index contributed by atoms with van der Waals surface area (Å²) in [6, 6.07) is 14.4. The molecular weight excluding hydrogens is 314 g/mol. The van der Waals surface area contributed by atoms with Crippen LogP contribution in [0, 0.1) is 13.8 Å². The molecule has 4 nitrogen and oxygen atoms in total. The Bertz CT molecular complexity index is 850. The monoisotopic (exact) mass is 339 g/mol. The summed E-state index contributed by atoms with van der Waals surface area (Å²) in [5.41, 5.74) is 6.41. The first-order valence-corrected chi connectivity index (χ1v) is 8.29. The second kappa shape index (κ2) is 8.49. The molecule has 2 aromatic carbocycles. The van der Waals surface area contributed by atoms with Gasteiger partial charge in [-0.15, -0.1) is 0 Å². The van der Waals surface area contributed by atoms with Gasteiger partial charge in [0, 0.05) is 23.7 Å². The number of nitrogens with one attached hydrogen (secondary N) is 1. The van der Waals surface area contributed by atoms with Crippen LogP contribution in [0.25, 0.3) is 10.9 Å². The van der Waals surface area contributed by atoms with E-state index in [0.717, 1.165) is 42.1 Å². The van der Waals surface area contributed by atoms with Crippen molar-refractivity contribution in [1.82, 2.24) is 4.98 Å². The van der Waals surface area contributed by atoms with Crippen molar-refractivity contribution in [3.05, 3.63) is 70.4 Å². The number of aromatic nitrogens is 1. The molecule has 0 aliphatic carbocycles. The van der Waals surface area contributed by atoms with Gasteiger partial charge in [-0.05, 0) is 55.5 Å². The maximum atomic E-state index is 11.9. The Kier molecular flexibility index (Phi) is 6.37. The summed E-state index contributed by atoms with van der Waals surface area (Å²) >= 11 is 0. The van der Waals surface area contributed by atoms with Gasteiger partial charge in [-0.3, -0.25) is 0 Å². The Morgan fingerprint density at radius 1 is 1.08 bits per heavy atom. The molecule has 0 saturated heterocycles. The van der Waals surface area contributed by atoms with Crippen LogP contribution < -0.4 is 0 Å². The van der Waals surface area contributed by atoms with Crippen LogP contribution in [0.15, 0.2) is 42.5 Å². The van der Waals surface area contributed by atoms with Gasteiger partial charge < -0.3 is 14.8 Å². The molecule has 0 bridgehead atoms. The number of carbonyl (C=O) groups excluding carboxylic acids is 1. The lowest BCUT2D eigenvalue weighted by molar-refractivity contribution is 0.0600. The molecule has 0 aliphatic rings. The van der Waals surface area contributed by atoms with Crippen LogP contribution >= 0.6 is 0 Å². The molecule has 0 spiro atoms. The summed E-state index contributed by atoms with van der Waals surface area (Å²) in [6.07, 6.45) is 1.93. The van der Waals surface area contributed by atoms with Gasteiger partial charge in [-0.25, -0.2) is 4.79 Å². The molecule has 0 aliphatic heterocycles. The van der Waals surface area contributed by atoms with Crippen LogP contribution in [0.1, 0.15) is 32.7 Å². The number of fused-ring (bicyclic) bond motifs is 1. The lowest BCUT2D eigenvalue weighted by Gasteiger charge is -2.06. The fourth-order valence-corrected chi connectivity index (χ4v) is 3.11. The lowest BCUT2D eigenvalue weighted by atomic mass is 9.99. The van der Waals surface area contributed by atoms with Crippen molar-refractivity contribution in [2.45, 2.75) is 26.7 Å². The number of ether oxygens (including phenoxy) is 1. The van der Waals surface area contributed by atoms with E-state index in [-0.39, 0.29) is 5.97 Å². The average molecular weight is 339 g/mol. The van der Waals surface area contributed by atoms with E-state index >= 15 is 0 Å². The van der Waals surface area contributed by atoms with Gasteiger partial charge in [0.1, 0.15) is 0 Å². The van der Waals surface area contributed by atoms with Crippen molar-refractivity contribution >= 4 is 16.9 Å². The maximum absolute atomic E-state index is 11.9. The zero-order chi connectivity index (χ0) is 18.4. The minimum absolute atomic E-state index is 0.280. The summed E-state index contributed by atoms with van der Waals surface area (Å²) in [6.45, 7) is 4.03. The number of H-pyrrole nitrogens is 1. The number of aryl methyl sites for hydroxylation is 4. The molecule has 0 saturated carbocycles. The zero-order valence-electron chi connectivity index (χ0n) is 15.2. The van der Waals surface area contributed by atoms with Crippen LogP contribution in [0.3, 0.4) is 0 Å². The van der Waals surface area contributed by atoms with Gasteiger partial charge in [0.25, 0.3) is 0 Å². The summed E-state index contributed by atoms with van der Waals surface area (Å²) < 4.78 is 4.89. The number of hydrogen-bond donors (Lipinski definition) is 2. The van der Waals surface area contributed by atoms with Gasteiger partial charge in [-0.1, -0.05) is 30.3 Å².